The molecule has 1 saturated heterocycles. The molecule has 1 unspecified atom stereocenters. The Kier molecular flexibility index (Phi) is 4.57. The normalized spacial score (nSPS) is 18.3. The lowest BCUT2D eigenvalue weighted by atomic mass is 10.0. The molecule has 1 atom stereocenters. The van der Waals surface area contributed by atoms with Crippen LogP contribution in [0.4, 0.5) is 5.82 Å². The number of nitrogens with zero attached hydrogens (tertiary/aromatic N) is 3. The van der Waals surface area contributed by atoms with Crippen LogP contribution in [0.1, 0.15) is 35.8 Å². The second-order valence-corrected chi connectivity index (χ2v) is 7.22. The third-order valence-electron chi connectivity index (χ3n) is 5.40. The Balaban J connectivity index is 1.44. The minimum atomic E-state index is 0.246. The van der Waals surface area contributed by atoms with Gasteiger partial charge in [0.15, 0.2) is 11.5 Å². The van der Waals surface area contributed by atoms with Crippen molar-refractivity contribution in [1.82, 2.24) is 9.97 Å². The Morgan fingerprint density at radius 2 is 1.86 bits per heavy atom. The summed E-state index contributed by atoms with van der Waals surface area (Å²) < 4.78 is 11.8. The average Bonchev–Trinajstić information content (AvgIpc) is 3.24. The smallest absolute Gasteiger partial charge is 0.166 e. The van der Waals surface area contributed by atoms with E-state index in [0.29, 0.717) is 13.2 Å². The molecule has 3 aromatic rings. The van der Waals surface area contributed by atoms with E-state index in [1.807, 2.05) is 24.4 Å². The molecule has 0 N–H and O–H groups in total. The molecule has 5 heteroatoms. The zero-order valence-electron chi connectivity index (χ0n) is 15.8. The maximum atomic E-state index is 5.97. The van der Waals surface area contributed by atoms with E-state index in [-0.39, 0.29) is 6.04 Å². The van der Waals surface area contributed by atoms with E-state index in [0.717, 1.165) is 48.9 Å². The van der Waals surface area contributed by atoms with E-state index < -0.39 is 0 Å². The van der Waals surface area contributed by atoms with Crippen LogP contribution >= 0.6 is 0 Å². The highest BCUT2D eigenvalue weighted by atomic mass is 16.6. The molecule has 0 aliphatic carbocycles. The third kappa shape index (κ3) is 3.28. The van der Waals surface area contributed by atoms with Crippen molar-refractivity contribution in [2.45, 2.75) is 25.3 Å². The van der Waals surface area contributed by atoms with Crippen LogP contribution in [0.5, 0.6) is 11.5 Å². The maximum Gasteiger partial charge on any atom is 0.166 e. The molecule has 1 fully saturated rings. The standard InChI is InChI=1S/C23H23N3O2/c1-2-6-17(7-3-1)16-21-24-12-11-22(25-21)26-13-5-9-19(26)18-8-4-10-20-23(18)28-15-14-27-20/h1-4,6-8,10-12,19H,5,9,13-16H2. The van der Waals surface area contributed by atoms with Gasteiger partial charge in [-0.15, -0.1) is 0 Å². The molecular weight excluding hydrogens is 350 g/mol. The second-order valence-electron chi connectivity index (χ2n) is 7.22. The van der Waals surface area contributed by atoms with Crippen LogP contribution in [0.15, 0.2) is 60.8 Å². The highest BCUT2D eigenvalue weighted by Crippen LogP contribution is 2.43. The number of benzene rings is 2. The highest BCUT2D eigenvalue weighted by Gasteiger charge is 2.31. The lowest BCUT2D eigenvalue weighted by molar-refractivity contribution is 0.169. The van der Waals surface area contributed by atoms with Crippen LogP contribution in [0.2, 0.25) is 0 Å². The monoisotopic (exact) mass is 373 g/mol. The number of para-hydroxylation sites is 1. The number of hydrogen-bond acceptors (Lipinski definition) is 5. The molecular formula is C23H23N3O2. The first kappa shape index (κ1) is 17.0. The molecule has 0 amide bonds. The van der Waals surface area contributed by atoms with Gasteiger partial charge in [-0.1, -0.05) is 42.5 Å². The van der Waals surface area contributed by atoms with Crippen molar-refractivity contribution in [1.29, 1.82) is 0 Å². The van der Waals surface area contributed by atoms with Crippen molar-refractivity contribution in [3.05, 3.63) is 77.7 Å². The summed E-state index contributed by atoms with van der Waals surface area (Å²) in [4.78, 5) is 11.8. The minimum Gasteiger partial charge on any atom is -0.486 e. The first-order chi connectivity index (χ1) is 13.9. The largest absolute Gasteiger partial charge is 0.486 e. The van der Waals surface area contributed by atoms with E-state index in [1.165, 1.54) is 11.1 Å². The Hall–Kier alpha value is -3.08. The van der Waals surface area contributed by atoms with Gasteiger partial charge in [-0.2, -0.15) is 0 Å². The average molecular weight is 373 g/mol. The van der Waals surface area contributed by atoms with Gasteiger partial charge >= 0.3 is 0 Å². The summed E-state index contributed by atoms with van der Waals surface area (Å²) in [7, 11) is 0. The van der Waals surface area contributed by atoms with Gasteiger partial charge in [0.05, 0.1) is 6.04 Å². The highest BCUT2D eigenvalue weighted by molar-refractivity contribution is 5.53. The predicted molar refractivity (Wildman–Crippen MR) is 108 cm³/mol. The third-order valence-corrected chi connectivity index (χ3v) is 5.40. The molecule has 5 rings (SSSR count). The maximum absolute atomic E-state index is 5.97. The van der Waals surface area contributed by atoms with Crippen molar-refractivity contribution in [3.63, 3.8) is 0 Å². The fourth-order valence-corrected chi connectivity index (χ4v) is 4.13. The van der Waals surface area contributed by atoms with E-state index in [4.69, 9.17) is 14.5 Å². The molecule has 3 heterocycles. The van der Waals surface area contributed by atoms with Gasteiger partial charge < -0.3 is 14.4 Å². The fraction of sp³-hybridized carbons (Fsp3) is 0.304. The van der Waals surface area contributed by atoms with Crippen molar-refractivity contribution in [3.8, 4) is 11.5 Å². The molecule has 0 radical (unpaired) electrons. The predicted octanol–water partition coefficient (Wildman–Crippen LogP) is 4.18. The zero-order chi connectivity index (χ0) is 18.8. The Morgan fingerprint density at radius 1 is 0.964 bits per heavy atom. The van der Waals surface area contributed by atoms with Crippen molar-refractivity contribution in [2.75, 3.05) is 24.7 Å². The molecule has 5 nitrogen and oxygen atoms in total. The summed E-state index contributed by atoms with van der Waals surface area (Å²) in [6, 6.07) is 18.8. The number of fused-ring (bicyclic) bond motifs is 1. The second kappa shape index (κ2) is 7.50. The number of rotatable bonds is 4. The number of anilines is 1. The summed E-state index contributed by atoms with van der Waals surface area (Å²) in [5, 5.41) is 0. The fourth-order valence-electron chi connectivity index (χ4n) is 4.13. The van der Waals surface area contributed by atoms with E-state index in [9.17, 15) is 0 Å². The quantitative estimate of drug-likeness (QED) is 0.687. The summed E-state index contributed by atoms with van der Waals surface area (Å²) in [6.45, 7) is 2.20. The van der Waals surface area contributed by atoms with Gasteiger partial charge in [0.2, 0.25) is 0 Å². The first-order valence-electron chi connectivity index (χ1n) is 9.89. The lowest BCUT2D eigenvalue weighted by Gasteiger charge is -2.29. The summed E-state index contributed by atoms with van der Waals surface area (Å²) >= 11 is 0. The van der Waals surface area contributed by atoms with E-state index in [2.05, 4.69) is 46.3 Å². The van der Waals surface area contributed by atoms with Crippen molar-refractivity contribution >= 4 is 5.82 Å². The van der Waals surface area contributed by atoms with Gasteiger partial charge in [0.25, 0.3) is 0 Å². The molecule has 0 spiro atoms. The van der Waals surface area contributed by atoms with Gasteiger partial charge in [-0.05, 0) is 30.5 Å². The summed E-state index contributed by atoms with van der Waals surface area (Å²) in [6.07, 6.45) is 4.83. The minimum absolute atomic E-state index is 0.246. The lowest BCUT2D eigenvalue weighted by Crippen LogP contribution is -2.26. The first-order valence-corrected chi connectivity index (χ1v) is 9.89. The molecule has 1 aromatic heterocycles. The van der Waals surface area contributed by atoms with Crippen LogP contribution in [-0.4, -0.2) is 29.7 Å². The van der Waals surface area contributed by atoms with Crippen molar-refractivity contribution in [2.24, 2.45) is 0 Å². The topological polar surface area (TPSA) is 47.5 Å². The van der Waals surface area contributed by atoms with Crippen LogP contribution in [0.3, 0.4) is 0 Å². The molecule has 142 valence electrons. The molecule has 28 heavy (non-hydrogen) atoms. The van der Waals surface area contributed by atoms with E-state index >= 15 is 0 Å². The van der Waals surface area contributed by atoms with Gasteiger partial charge in [0.1, 0.15) is 24.9 Å². The summed E-state index contributed by atoms with van der Waals surface area (Å²) in [5.41, 5.74) is 2.42. The van der Waals surface area contributed by atoms with Gasteiger partial charge in [0, 0.05) is 24.7 Å². The summed E-state index contributed by atoms with van der Waals surface area (Å²) in [5.74, 6) is 3.58. The molecule has 2 aliphatic heterocycles. The molecule has 0 saturated carbocycles. The van der Waals surface area contributed by atoms with Crippen LogP contribution < -0.4 is 14.4 Å². The Morgan fingerprint density at radius 3 is 2.79 bits per heavy atom. The number of aromatic nitrogens is 2. The Bertz CT molecular complexity index is 961. The van der Waals surface area contributed by atoms with Gasteiger partial charge in [-0.25, -0.2) is 9.97 Å². The SMILES string of the molecule is c1ccc(Cc2nccc(N3CCCC3c3cccc4c3OCCO4)n2)cc1. The molecule has 0 bridgehead atoms. The molecule has 2 aromatic carbocycles. The number of hydrogen-bond donors (Lipinski definition) is 0. The Labute approximate surface area is 165 Å². The van der Waals surface area contributed by atoms with Crippen LogP contribution in [-0.2, 0) is 6.42 Å². The van der Waals surface area contributed by atoms with Crippen LogP contribution in [0, 0.1) is 0 Å². The van der Waals surface area contributed by atoms with Gasteiger partial charge in [-0.3, -0.25) is 0 Å². The zero-order valence-corrected chi connectivity index (χ0v) is 15.8. The molecule has 2 aliphatic rings. The van der Waals surface area contributed by atoms with Crippen molar-refractivity contribution < 1.29 is 9.47 Å². The van der Waals surface area contributed by atoms with E-state index in [1.54, 1.807) is 0 Å². The number of ether oxygens (including phenoxy) is 2. The van der Waals surface area contributed by atoms with Crippen LogP contribution in [0.25, 0.3) is 0 Å².